The van der Waals surface area contributed by atoms with E-state index in [2.05, 4.69) is 35.9 Å². The zero-order valence-electron chi connectivity index (χ0n) is 18.7. The van der Waals surface area contributed by atoms with Gasteiger partial charge in [-0.15, -0.1) is 0 Å². The van der Waals surface area contributed by atoms with Crippen LogP contribution >= 0.6 is 0 Å². The lowest BCUT2D eigenvalue weighted by Gasteiger charge is -2.22. The van der Waals surface area contributed by atoms with Gasteiger partial charge in [0.1, 0.15) is 0 Å². The molecule has 2 N–H and O–H groups in total. The standard InChI is InChI=1S/C24H28N4O3S/c1-16-5-13-20(14-6-16)32(30,31)27-19-11-9-18(10-12-19)25-23(29)21-15-22(17-7-8-17)28(26-21)24(2,3)4/h5-6,9-15,17,27H,7-8H2,1-4H3,(H,25,29). The number of hydrogen-bond donors (Lipinski definition) is 2. The third-order valence-corrected chi connectivity index (χ3v) is 6.72. The fraction of sp³-hybridized carbons (Fsp3) is 0.333. The zero-order valence-corrected chi connectivity index (χ0v) is 19.5. The number of carbonyl (C=O) groups is 1. The molecule has 168 valence electrons. The van der Waals surface area contributed by atoms with Crippen LogP contribution in [0.4, 0.5) is 11.4 Å². The number of anilines is 2. The molecule has 7 nitrogen and oxygen atoms in total. The summed E-state index contributed by atoms with van der Waals surface area (Å²) < 4.78 is 29.6. The summed E-state index contributed by atoms with van der Waals surface area (Å²) in [6, 6.07) is 15.1. The highest BCUT2D eigenvalue weighted by molar-refractivity contribution is 7.92. The first-order valence-corrected chi connectivity index (χ1v) is 12.1. The molecule has 0 atom stereocenters. The normalized spacial score (nSPS) is 14.2. The average molecular weight is 453 g/mol. The van der Waals surface area contributed by atoms with Gasteiger partial charge >= 0.3 is 0 Å². The monoisotopic (exact) mass is 452 g/mol. The minimum absolute atomic E-state index is 0.196. The molecule has 1 saturated carbocycles. The van der Waals surface area contributed by atoms with Gasteiger partial charge in [-0.25, -0.2) is 8.42 Å². The van der Waals surface area contributed by atoms with Crippen LogP contribution in [-0.2, 0) is 15.6 Å². The average Bonchev–Trinajstić information content (AvgIpc) is 3.46. The summed E-state index contributed by atoms with van der Waals surface area (Å²) in [4.78, 5) is 13.0. The molecule has 1 aliphatic rings. The predicted octanol–water partition coefficient (Wildman–Crippen LogP) is 4.88. The number of aryl methyl sites for hydroxylation is 1. The van der Waals surface area contributed by atoms with Gasteiger partial charge in [0.05, 0.1) is 10.4 Å². The number of hydrogen-bond acceptors (Lipinski definition) is 4. The van der Waals surface area contributed by atoms with Crippen molar-refractivity contribution in [3.63, 3.8) is 0 Å². The van der Waals surface area contributed by atoms with Gasteiger partial charge in [0.25, 0.3) is 15.9 Å². The number of nitrogens with one attached hydrogen (secondary N) is 2. The van der Waals surface area contributed by atoms with Crippen LogP contribution in [0.2, 0.25) is 0 Å². The molecule has 1 aromatic heterocycles. The maximum atomic E-state index is 12.8. The summed E-state index contributed by atoms with van der Waals surface area (Å²) in [6.07, 6.45) is 2.26. The van der Waals surface area contributed by atoms with Crippen LogP contribution in [0.25, 0.3) is 0 Å². The van der Waals surface area contributed by atoms with Gasteiger partial charge in [-0.1, -0.05) is 17.7 Å². The Morgan fingerprint density at radius 3 is 2.16 bits per heavy atom. The molecular formula is C24H28N4O3S. The van der Waals surface area contributed by atoms with E-state index < -0.39 is 10.0 Å². The van der Waals surface area contributed by atoms with Crippen molar-refractivity contribution in [3.05, 3.63) is 71.5 Å². The first-order valence-electron chi connectivity index (χ1n) is 10.6. The number of rotatable bonds is 6. The second-order valence-corrected chi connectivity index (χ2v) is 10.9. The van der Waals surface area contributed by atoms with Crippen LogP contribution in [0.3, 0.4) is 0 Å². The third kappa shape index (κ3) is 4.85. The number of sulfonamides is 1. The SMILES string of the molecule is Cc1ccc(S(=O)(=O)Nc2ccc(NC(=O)c3cc(C4CC4)n(C(C)(C)C)n3)cc2)cc1. The lowest BCUT2D eigenvalue weighted by Crippen LogP contribution is -2.25. The van der Waals surface area contributed by atoms with Crippen LogP contribution in [0.15, 0.2) is 59.5 Å². The third-order valence-electron chi connectivity index (χ3n) is 5.33. The van der Waals surface area contributed by atoms with Crippen LogP contribution in [0.1, 0.15) is 61.3 Å². The van der Waals surface area contributed by atoms with Crippen molar-refractivity contribution >= 4 is 27.3 Å². The zero-order chi connectivity index (χ0) is 23.1. The molecule has 1 heterocycles. The Labute approximate surface area is 188 Å². The van der Waals surface area contributed by atoms with Gasteiger partial charge in [-0.2, -0.15) is 5.10 Å². The molecule has 0 radical (unpaired) electrons. The summed E-state index contributed by atoms with van der Waals surface area (Å²) in [7, 11) is -3.68. The van der Waals surface area contributed by atoms with Gasteiger partial charge < -0.3 is 5.32 Å². The van der Waals surface area contributed by atoms with E-state index in [1.165, 1.54) is 0 Å². The molecule has 1 amide bonds. The molecular weight excluding hydrogens is 424 g/mol. The molecule has 4 rings (SSSR count). The fourth-order valence-electron chi connectivity index (χ4n) is 3.46. The molecule has 32 heavy (non-hydrogen) atoms. The number of nitrogens with zero attached hydrogens (tertiary/aromatic N) is 2. The van der Waals surface area contributed by atoms with E-state index in [-0.39, 0.29) is 16.3 Å². The highest BCUT2D eigenvalue weighted by Gasteiger charge is 2.32. The van der Waals surface area contributed by atoms with Crippen molar-refractivity contribution < 1.29 is 13.2 Å². The summed E-state index contributed by atoms with van der Waals surface area (Å²) in [5.41, 5.74) is 3.24. The van der Waals surface area contributed by atoms with Gasteiger partial charge in [0, 0.05) is 23.0 Å². The lowest BCUT2D eigenvalue weighted by atomic mass is 10.1. The van der Waals surface area contributed by atoms with Crippen LogP contribution in [0.5, 0.6) is 0 Å². The Kier molecular flexibility index (Phi) is 5.58. The summed E-state index contributed by atoms with van der Waals surface area (Å²) in [5.74, 6) is 0.187. The summed E-state index contributed by atoms with van der Waals surface area (Å²) >= 11 is 0. The molecule has 0 unspecified atom stereocenters. The van der Waals surface area contributed by atoms with Crippen LogP contribution < -0.4 is 10.0 Å². The fourth-order valence-corrected chi connectivity index (χ4v) is 4.52. The van der Waals surface area contributed by atoms with Crippen molar-refractivity contribution in [2.75, 3.05) is 10.0 Å². The largest absolute Gasteiger partial charge is 0.321 e. The summed E-state index contributed by atoms with van der Waals surface area (Å²) in [5, 5.41) is 7.40. The maximum Gasteiger partial charge on any atom is 0.276 e. The second-order valence-electron chi connectivity index (χ2n) is 9.26. The smallest absolute Gasteiger partial charge is 0.276 e. The molecule has 3 aromatic rings. The quantitative estimate of drug-likeness (QED) is 0.558. The Hall–Kier alpha value is -3.13. The van der Waals surface area contributed by atoms with E-state index in [9.17, 15) is 13.2 Å². The van der Waals surface area contributed by atoms with Gasteiger partial charge in [0.2, 0.25) is 0 Å². The Morgan fingerprint density at radius 1 is 1.00 bits per heavy atom. The Morgan fingerprint density at radius 2 is 1.59 bits per heavy atom. The molecule has 0 saturated heterocycles. The van der Waals surface area contributed by atoms with Crippen LogP contribution in [-0.4, -0.2) is 24.1 Å². The number of carbonyl (C=O) groups excluding carboxylic acids is 1. The number of amides is 1. The van der Waals surface area contributed by atoms with E-state index in [1.807, 2.05) is 17.7 Å². The van der Waals surface area contributed by atoms with Crippen LogP contribution in [0, 0.1) is 6.92 Å². The minimum atomic E-state index is -3.68. The Bertz CT molecular complexity index is 1230. The number of aromatic nitrogens is 2. The Balaban J connectivity index is 1.46. The predicted molar refractivity (Wildman–Crippen MR) is 126 cm³/mol. The topological polar surface area (TPSA) is 93.1 Å². The van der Waals surface area contributed by atoms with Gasteiger partial charge in [-0.3, -0.25) is 14.2 Å². The van der Waals surface area contributed by atoms with Crippen molar-refractivity contribution in [1.82, 2.24) is 9.78 Å². The molecule has 1 fully saturated rings. The molecule has 0 bridgehead atoms. The minimum Gasteiger partial charge on any atom is -0.321 e. The molecule has 8 heteroatoms. The lowest BCUT2D eigenvalue weighted by molar-refractivity contribution is 0.102. The van der Waals surface area contributed by atoms with Crippen molar-refractivity contribution in [2.45, 2.75) is 56.9 Å². The van der Waals surface area contributed by atoms with E-state index in [0.717, 1.165) is 24.1 Å². The van der Waals surface area contributed by atoms with Crippen molar-refractivity contribution in [1.29, 1.82) is 0 Å². The first kappa shape index (κ1) is 22.1. The number of benzene rings is 2. The second kappa shape index (κ2) is 8.09. The van der Waals surface area contributed by atoms with Crippen molar-refractivity contribution in [2.24, 2.45) is 0 Å². The molecule has 0 aliphatic heterocycles. The van der Waals surface area contributed by atoms with E-state index in [0.29, 0.717) is 23.0 Å². The van der Waals surface area contributed by atoms with E-state index >= 15 is 0 Å². The highest BCUT2D eigenvalue weighted by Crippen LogP contribution is 2.41. The van der Waals surface area contributed by atoms with Crippen molar-refractivity contribution in [3.8, 4) is 0 Å². The first-order chi connectivity index (χ1) is 15.0. The molecule has 2 aromatic carbocycles. The van der Waals surface area contributed by atoms with E-state index in [4.69, 9.17) is 0 Å². The highest BCUT2D eigenvalue weighted by atomic mass is 32.2. The maximum absolute atomic E-state index is 12.8. The van der Waals surface area contributed by atoms with Gasteiger partial charge in [-0.05, 0) is 83.0 Å². The molecule has 1 aliphatic carbocycles. The molecule has 0 spiro atoms. The van der Waals surface area contributed by atoms with E-state index in [1.54, 1.807) is 48.5 Å². The van der Waals surface area contributed by atoms with Gasteiger partial charge in [0.15, 0.2) is 5.69 Å². The summed E-state index contributed by atoms with van der Waals surface area (Å²) in [6.45, 7) is 8.12.